The molecule has 0 fully saturated rings. The van der Waals surface area contributed by atoms with Crippen LogP contribution in [-0.4, -0.2) is 15.0 Å². The first kappa shape index (κ1) is 33.2. The minimum absolute atomic E-state index is 0.549. The van der Waals surface area contributed by atoms with Crippen molar-refractivity contribution in [3.8, 4) is 56.4 Å². The Bertz CT molecular complexity index is 3640. The first-order valence-electron chi connectivity index (χ1n) is 19.9. The number of hydrogen-bond acceptors (Lipinski definition) is 4. The summed E-state index contributed by atoms with van der Waals surface area (Å²) in [6.07, 6.45) is 0. The molecule has 0 N–H and O–H groups in total. The summed E-state index contributed by atoms with van der Waals surface area (Å²) in [5, 5.41) is 11.5. The lowest BCUT2D eigenvalue weighted by molar-refractivity contribution is 0.669. The molecule has 0 radical (unpaired) electrons. The monoisotopic (exact) mass is 751 g/mol. The van der Waals surface area contributed by atoms with E-state index in [1.807, 2.05) is 18.2 Å². The molecular formula is C55H33N3O. The molecule has 0 aliphatic carbocycles. The largest absolute Gasteiger partial charge is 0.455 e. The number of para-hydroxylation sites is 2. The molecule has 0 spiro atoms. The van der Waals surface area contributed by atoms with Gasteiger partial charge < -0.3 is 4.42 Å². The minimum atomic E-state index is 0.549. The molecule has 0 aliphatic rings. The lowest BCUT2D eigenvalue weighted by atomic mass is 9.88. The predicted octanol–water partition coefficient (Wildman–Crippen LogP) is 14.7. The van der Waals surface area contributed by atoms with Gasteiger partial charge in [-0.3, -0.25) is 0 Å². The number of benzene rings is 10. The molecule has 0 saturated heterocycles. The second-order valence-electron chi connectivity index (χ2n) is 15.1. The number of furan rings is 1. The maximum absolute atomic E-state index is 6.59. The first-order chi connectivity index (χ1) is 29.2. The summed E-state index contributed by atoms with van der Waals surface area (Å²) < 4.78 is 6.59. The number of aromatic nitrogens is 3. The van der Waals surface area contributed by atoms with Crippen molar-refractivity contribution in [2.24, 2.45) is 0 Å². The Labute approximate surface area is 339 Å². The van der Waals surface area contributed by atoms with Gasteiger partial charge >= 0.3 is 0 Å². The van der Waals surface area contributed by atoms with Crippen LogP contribution >= 0.6 is 0 Å². The Kier molecular flexibility index (Phi) is 7.50. The summed E-state index contributed by atoms with van der Waals surface area (Å²) in [6.45, 7) is 0. The molecular weight excluding hydrogens is 719 g/mol. The highest BCUT2D eigenvalue weighted by Gasteiger charge is 2.22. The maximum Gasteiger partial charge on any atom is 0.167 e. The summed E-state index contributed by atoms with van der Waals surface area (Å²) in [7, 11) is 0. The SMILES string of the molecule is c1cc(-c2ccc3ccccc3c2)cc(-c2nc(-c3c(-c4cc5ccccc5c5ccccc45)ccc4ccccc34)nc(-c3cccc4c3oc3ccccc34)n2)c1. The fourth-order valence-electron chi connectivity index (χ4n) is 8.88. The number of rotatable bonds is 5. The molecule has 4 nitrogen and oxygen atoms in total. The van der Waals surface area contributed by atoms with Crippen LogP contribution in [0.3, 0.4) is 0 Å². The molecule has 0 amide bonds. The van der Waals surface area contributed by atoms with E-state index in [9.17, 15) is 0 Å². The molecule has 59 heavy (non-hydrogen) atoms. The van der Waals surface area contributed by atoms with E-state index < -0.39 is 0 Å². The van der Waals surface area contributed by atoms with Crippen LogP contribution in [0.25, 0.3) is 121 Å². The van der Waals surface area contributed by atoms with Crippen LogP contribution in [0.4, 0.5) is 0 Å². The molecule has 0 bridgehead atoms. The molecule has 12 rings (SSSR count). The highest BCUT2D eigenvalue weighted by molar-refractivity contribution is 6.16. The van der Waals surface area contributed by atoms with E-state index in [4.69, 9.17) is 19.4 Å². The van der Waals surface area contributed by atoms with E-state index >= 15 is 0 Å². The molecule has 2 heterocycles. The van der Waals surface area contributed by atoms with Crippen molar-refractivity contribution in [2.45, 2.75) is 0 Å². The van der Waals surface area contributed by atoms with Crippen molar-refractivity contribution in [1.29, 1.82) is 0 Å². The second-order valence-corrected chi connectivity index (χ2v) is 15.1. The molecule has 0 atom stereocenters. The number of hydrogen-bond donors (Lipinski definition) is 0. The van der Waals surface area contributed by atoms with Gasteiger partial charge in [-0.2, -0.15) is 0 Å². The maximum atomic E-state index is 6.59. The third-order valence-electron chi connectivity index (χ3n) is 11.7. The standard InChI is InChI=1S/C55H33N3O/c1-2-15-36-31-38(28-27-34(36)13-1)37-17-11-18-40(32-37)53-56-54(48-25-12-24-47-45-23-9-10-26-50(45)59-52(47)48)58-55(57-53)51-42-20-6-3-14-35(42)29-30-46(51)49-33-39-16-4-5-19-41(39)43-21-7-8-22-44(43)49/h1-33H. The van der Waals surface area contributed by atoms with Gasteiger partial charge in [-0.25, -0.2) is 15.0 Å². The summed E-state index contributed by atoms with van der Waals surface area (Å²) in [5.74, 6) is 1.73. The Hall–Kier alpha value is -7.95. The van der Waals surface area contributed by atoms with E-state index in [2.05, 4.69) is 182 Å². The van der Waals surface area contributed by atoms with Crippen LogP contribution in [0.15, 0.2) is 205 Å². The number of fused-ring (bicyclic) bond motifs is 8. The lowest BCUT2D eigenvalue weighted by Gasteiger charge is -2.17. The third kappa shape index (κ3) is 5.49. The summed E-state index contributed by atoms with van der Waals surface area (Å²) in [6, 6.07) is 70.6. The molecule has 2 aromatic heterocycles. The van der Waals surface area contributed by atoms with Crippen LogP contribution in [0, 0.1) is 0 Å². The lowest BCUT2D eigenvalue weighted by Crippen LogP contribution is -2.02. The van der Waals surface area contributed by atoms with Crippen LogP contribution < -0.4 is 0 Å². The smallest absolute Gasteiger partial charge is 0.167 e. The van der Waals surface area contributed by atoms with Crippen molar-refractivity contribution in [3.05, 3.63) is 200 Å². The molecule has 0 aliphatic heterocycles. The molecule has 4 heteroatoms. The zero-order chi connectivity index (χ0) is 38.9. The third-order valence-corrected chi connectivity index (χ3v) is 11.7. The van der Waals surface area contributed by atoms with Gasteiger partial charge in [0.05, 0.1) is 5.56 Å². The Balaban J connectivity index is 1.15. The topological polar surface area (TPSA) is 51.8 Å². The summed E-state index contributed by atoms with van der Waals surface area (Å²) in [4.78, 5) is 16.2. The van der Waals surface area contributed by atoms with Gasteiger partial charge in [-0.05, 0) is 95.7 Å². The highest BCUT2D eigenvalue weighted by atomic mass is 16.3. The molecule has 0 saturated carbocycles. The number of nitrogens with zero attached hydrogens (tertiary/aromatic N) is 3. The van der Waals surface area contributed by atoms with Crippen molar-refractivity contribution >= 4 is 65.0 Å². The Morgan fingerprint density at radius 3 is 1.78 bits per heavy atom. The van der Waals surface area contributed by atoms with E-state index in [0.29, 0.717) is 17.5 Å². The average molecular weight is 752 g/mol. The van der Waals surface area contributed by atoms with E-state index in [1.54, 1.807) is 0 Å². The zero-order valence-electron chi connectivity index (χ0n) is 31.8. The Morgan fingerprint density at radius 2 is 0.898 bits per heavy atom. The molecule has 0 unspecified atom stereocenters. The fraction of sp³-hybridized carbons (Fsp3) is 0. The van der Waals surface area contributed by atoms with Crippen molar-refractivity contribution in [1.82, 2.24) is 15.0 Å². The van der Waals surface area contributed by atoms with Crippen molar-refractivity contribution in [2.75, 3.05) is 0 Å². The second kappa shape index (κ2) is 13.3. The van der Waals surface area contributed by atoms with Gasteiger partial charge in [0.2, 0.25) is 0 Å². The van der Waals surface area contributed by atoms with E-state index in [0.717, 1.165) is 71.7 Å². The molecule has 274 valence electrons. The summed E-state index contributed by atoms with van der Waals surface area (Å²) >= 11 is 0. The first-order valence-corrected chi connectivity index (χ1v) is 19.9. The average Bonchev–Trinajstić information content (AvgIpc) is 3.70. The van der Waals surface area contributed by atoms with E-state index in [1.165, 1.54) is 32.3 Å². The van der Waals surface area contributed by atoms with Crippen LogP contribution in [0.2, 0.25) is 0 Å². The van der Waals surface area contributed by atoms with Gasteiger partial charge in [0.15, 0.2) is 17.5 Å². The van der Waals surface area contributed by atoms with Crippen LogP contribution in [0.5, 0.6) is 0 Å². The summed E-state index contributed by atoms with van der Waals surface area (Å²) in [5.41, 5.74) is 8.64. The molecule has 10 aromatic carbocycles. The zero-order valence-corrected chi connectivity index (χ0v) is 31.8. The fourth-order valence-corrected chi connectivity index (χ4v) is 8.88. The molecule has 12 aromatic rings. The van der Waals surface area contributed by atoms with Crippen LogP contribution in [0.1, 0.15) is 0 Å². The predicted molar refractivity (Wildman–Crippen MR) is 244 cm³/mol. The van der Waals surface area contributed by atoms with Gasteiger partial charge in [-0.1, -0.05) is 170 Å². The van der Waals surface area contributed by atoms with Crippen LogP contribution in [-0.2, 0) is 0 Å². The van der Waals surface area contributed by atoms with Gasteiger partial charge in [-0.15, -0.1) is 0 Å². The minimum Gasteiger partial charge on any atom is -0.455 e. The van der Waals surface area contributed by atoms with Crippen molar-refractivity contribution in [3.63, 3.8) is 0 Å². The quantitative estimate of drug-likeness (QED) is 0.164. The van der Waals surface area contributed by atoms with Gasteiger partial charge in [0.1, 0.15) is 11.2 Å². The Morgan fingerprint density at radius 1 is 0.288 bits per heavy atom. The van der Waals surface area contributed by atoms with Crippen molar-refractivity contribution < 1.29 is 4.42 Å². The van der Waals surface area contributed by atoms with E-state index in [-0.39, 0.29) is 0 Å². The van der Waals surface area contributed by atoms with Gasteiger partial charge in [0, 0.05) is 21.9 Å². The van der Waals surface area contributed by atoms with Gasteiger partial charge in [0.25, 0.3) is 0 Å². The normalized spacial score (nSPS) is 11.7. The highest BCUT2D eigenvalue weighted by Crippen LogP contribution is 2.43.